The summed E-state index contributed by atoms with van der Waals surface area (Å²) >= 11 is 0. The summed E-state index contributed by atoms with van der Waals surface area (Å²) in [5.41, 5.74) is 8.65. The van der Waals surface area contributed by atoms with Crippen molar-refractivity contribution in [3.05, 3.63) is 66.1 Å². The van der Waals surface area contributed by atoms with Crippen molar-refractivity contribution in [2.45, 2.75) is 26.4 Å². The van der Waals surface area contributed by atoms with Gasteiger partial charge in [0, 0.05) is 23.0 Å². The van der Waals surface area contributed by atoms with Crippen molar-refractivity contribution >= 4 is 34.1 Å². The number of aliphatic imine (C=N–C) groups is 1. The van der Waals surface area contributed by atoms with Crippen LogP contribution in [0.3, 0.4) is 0 Å². The maximum Gasteiger partial charge on any atom is 0.272 e. The molecule has 13 heteroatoms. The van der Waals surface area contributed by atoms with E-state index in [4.69, 9.17) is 15.7 Å². The fraction of sp³-hybridized carbons (Fsp3) is 0.200. The molecule has 0 amide bonds. The molecule has 3 aromatic heterocycles. The van der Waals surface area contributed by atoms with Crippen LogP contribution >= 0.6 is 0 Å². The minimum absolute atomic E-state index is 0.00241. The number of aliphatic hydroxyl groups is 1. The molecule has 4 N–H and O–H groups in total. The largest absolute Gasteiger partial charge is 0.471 e. The minimum atomic E-state index is -2.60. The Kier molecular flexibility index (Phi) is 7.83. The SMILES string of the molecule is CC(C=C(N)C#N)=Nc1nc(-n2cnc3cc(Nc4ccc(OCC(F)F)nn4)ccc32)ccc1C(C)O. The number of nitrogens with zero attached hydrogens (tertiary/aromatic N) is 7. The molecule has 4 aromatic rings. The van der Waals surface area contributed by atoms with E-state index in [1.807, 2.05) is 18.2 Å². The highest BCUT2D eigenvalue weighted by molar-refractivity contribution is 5.95. The zero-order chi connectivity index (χ0) is 27.2. The Morgan fingerprint density at radius 1 is 1.26 bits per heavy atom. The van der Waals surface area contributed by atoms with E-state index in [9.17, 15) is 13.9 Å². The van der Waals surface area contributed by atoms with Crippen LogP contribution < -0.4 is 15.8 Å². The third kappa shape index (κ3) is 6.23. The van der Waals surface area contributed by atoms with Crippen LogP contribution in [0.1, 0.15) is 25.5 Å². The minimum Gasteiger partial charge on any atom is -0.471 e. The molecule has 1 unspecified atom stereocenters. The van der Waals surface area contributed by atoms with Crippen molar-refractivity contribution in [2.75, 3.05) is 11.9 Å². The van der Waals surface area contributed by atoms with Crippen molar-refractivity contribution in [1.82, 2.24) is 24.7 Å². The van der Waals surface area contributed by atoms with Crippen LogP contribution in [0.5, 0.6) is 5.88 Å². The molecule has 1 aromatic carbocycles. The van der Waals surface area contributed by atoms with Crippen LogP contribution in [-0.2, 0) is 0 Å². The zero-order valence-electron chi connectivity index (χ0n) is 20.4. The van der Waals surface area contributed by atoms with Gasteiger partial charge in [-0.2, -0.15) is 5.26 Å². The van der Waals surface area contributed by atoms with Gasteiger partial charge < -0.3 is 20.9 Å². The molecule has 3 heterocycles. The Morgan fingerprint density at radius 3 is 2.76 bits per heavy atom. The molecule has 0 aliphatic heterocycles. The van der Waals surface area contributed by atoms with Gasteiger partial charge in [0.25, 0.3) is 6.43 Å². The number of aromatic nitrogens is 5. The molecule has 0 saturated heterocycles. The number of aliphatic hydroxyl groups excluding tert-OH is 1. The van der Waals surface area contributed by atoms with Gasteiger partial charge in [-0.3, -0.25) is 4.57 Å². The summed E-state index contributed by atoms with van der Waals surface area (Å²) in [6, 6.07) is 13.8. The van der Waals surface area contributed by atoms with Gasteiger partial charge in [0.1, 0.15) is 23.9 Å². The lowest BCUT2D eigenvalue weighted by Gasteiger charge is -2.11. The van der Waals surface area contributed by atoms with E-state index in [-0.39, 0.29) is 17.4 Å². The second-order valence-corrected chi connectivity index (χ2v) is 8.12. The summed E-state index contributed by atoms with van der Waals surface area (Å²) in [6.45, 7) is 2.54. The van der Waals surface area contributed by atoms with Gasteiger partial charge in [-0.05, 0) is 56.3 Å². The number of hydrogen-bond donors (Lipinski definition) is 3. The van der Waals surface area contributed by atoms with E-state index in [1.54, 1.807) is 49.0 Å². The first-order valence-corrected chi connectivity index (χ1v) is 11.3. The summed E-state index contributed by atoms with van der Waals surface area (Å²) < 4.78 is 31.1. The van der Waals surface area contributed by atoms with Crippen LogP contribution in [0.15, 0.2) is 65.6 Å². The number of hydrogen-bond acceptors (Lipinski definition) is 10. The quantitative estimate of drug-likeness (QED) is 0.218. The molecule has 0 aliphatic rings. The van der Waals surface area contributed by atoms with Crippen LogP contribution in [0.25, 0.3) is 16.9 Å². The number of halogens is 2. The maximum atomic E-state index is 12.3. The van der Waals surface area contributed by atoms with Crippen molar-refractivity contribution in [3.63, 3.8) is 0 Å². The third-order valence-corrected chi connectivity index (χ3v) is 5.18. The van der Waals surface area contributed by atoms with Gasteiger partial charge >= 0.3 is 0 Å². The predicted molar refractivity (Wildman–Crippen MR) is 137 cm³/mol. The highest BCUT2D eigenvalue weighted by atomic mass is 19.3. The number of nitrogens with one attached hydrogen (secondary N) is 1. The number of imidazole rings is 1. The molecule has 11 nitrogen and oxygen atoms in total. The molecule has 0 saturated carbocycles. The molecular formula is C25H23F2N9O2. The van der Waals surface area contributed by atoms with Gasteiger partial charge in [-0.1, -0.05) is 0 Å². The standard InChI is InChI=1S/C25H23F2N9O2/c1-14(9-16(29)11-28)31-25-18(15(2)37)4-7-23(33-25)36-13-30-19-10-17(3-5-20(19)36)32-22-6-8-24(35-34-22)38-12-21(26)27/h3-10,13,15,21,37H,12,29H2,1-2H3,(H,32,34). The molecule has 0 aliphatic carbocycles. The highest BCUT2D eigenvalue weighted by Gasteiger charge is 2.14. The van der Waals surface area contributed by atoms with E-state index in [1.165, 1.54) is 12.1 Å². The number of alkyl halides is 2. The smallest absolute Gasteiger partial charge is 0.272 e. The van der Waals surface area contributed by atoms with Crippen LogP contribution in [0.4, 0.5) is 26.1 Å². The number of nitriles is 1. The lowest BCUT2D eigenvalue weighted by Crippen LogP contribution is -2.08. The van der Waals surface area contributed by atoms with Crippen molar-refractivity contribution < 1.29 is 18.6 Å². The van der Waals surface area contributed by atoms with Crippen molar-refractivity contribution in [2.24, 2.45) is 10.7 Å². The van der Waals surface area contributed by atoms with E-state index in [2.05, 4.69) is 30.5 Å². The lowest BCUT2D eigenvalue weighted by molar-refractivity contribution is 0.0791. The number of pyridine rings is 1. The van der Waals surface area contributed by atoms with Gasteiger partial charge in [-0.25, -0.2) is 23.7 Å². The van der Waals surface area contributed by atoms with Crippen molar-refractivity contribution in [3.8, 4) is 17.8 Å². The first kappa shape index (κ1) is 26.1. The Labute approximate surface area is 216 Å². The van der Waals surface area contributed by atoms with Crippen molar-refractivity contribution in [1.29, 1.82) is 5.26 Å². The Bertz CT molecular complexity index is 1540. The number of fused-ring (bicyclic) bond motifs is 1. The molecule has 0 fully saturated rings. The normalized spacial score (nSPS) is 13.0. The molecule has 4 rings (SSSR count). The summed E-state index contributed by atoms with van der Waals surface area (Å²) in [7, 11) is 0. The number of rotatable bonds is 9. The van der Waals surface area contributed by atoms with Crippen LogP contribution in [0, 0.1) is 11.3 Å². The predicted octanol–water partition coefficient (Wildman–Crippen LogP) is 4.11. The van der Waals surface area contributed by atoms with Gasteiger partial charge in [0.15, 0.2) is 18.2 Å². The molecule has 0 radical (unpaired) electrons. The first-order chi connectivity index (χ1) is 18.2. The van der Waals surface area contributed by atoms with Gasteiger partial charge in [-0.15, -0.1) is 10.2 Å². The number of anilines is 2. The molecule has 0 spiro atoms. The molecule has 1 atom stereocenters. The fourth-order valence-electron chi connectivity index (χ4n) is 3.49. The third-order valence-electron chi connectivity index (χ3n) is 5.18. The molecule has 0 bridgehead atoms. The van der Waals surface area contributed by atoms with Gasteiger partial charge in [0.2, 0.25) is 5.88 Å². The topological polar surface area (TPSA) is 160 Å². The highest BCUT2D eigenvalue weighted by Crippen LogP contribution is 2.28. The number of benzene rings is 1. The van der Waals surface area contributed by atoms with E-state index in [0.29, 0.717) is 34.1 Å². The lowest BCUT2D eigenvalue weighted by atomic mass is 10.1. The second kappa shape index (κ2) is 11.4. The summed E-state index contributed by atoms with van der Waals surface area (Å²) in [5, 5.41) is 29.9. The van der Waals surface area contributed by atoms with Crippen LogP contribution in [-0.4, -0.2) is 48.6 Å². The molecular weight excluding hydrogens is 496 g/mol. The number of allylic oxidation sites excluding steroid dienone is 2. The van der Waals surface area contributed by atoms with E-state index in [0.717, 1.165) is 5.52 Å². The number of ether oxygens (including phenoxy) is 1. The average Bonchev–Trinajstić information content (AvgIpc) is 3.31. The second-order valence-electron chi connectivity index (χ2n) is 8.12. The van der Waals surface area contributed by atoms with E-state index >= 15 is 0 Å². The zero-order valence-corrected chi connectivity index (χ0v) is 20.4. The summed E-state index contributed by atoms with van der Waals surface area (Å²) in [4.78, 5) is 13.5. The summed E-state index contributed by atoms with van der Waals surface area (Å²) in [5.74, 6) is 1.21. The number of nitrogens with two attached hydrogens (primary N) is 1. The Balaban J connectivity index is 1.60. The average molecular weight is 520 g/mol. The summed E-state index contributed by atoms with van der Waals surface area (Å²) in [6.07, 6.45) is -0.374. The maximum absolute atomic E-state index is 12.3. The van der Waals surface area contributed by atoms with Gasteiger partial charge in [0.05, 0.1) is 17.1 Å². The molecule has 38 heavy (non-hydrogen) atoms. The first-order valence-electron chi connectivity index (χ1n) is 11.3. The Hall–Kier alpha value is -4.96. The van der Waals surface area contributed by atoms with E-state index < -0.39 is 19.1 Å². The fourth-order valence-corrected chi connectivity index (χ4v) is 3.49. The Morgan fingerprint density at radius 2 is 2.08 bits per heavy atom. The monoisotopic (exact) mass is 519 g/mol. The molecule has 194 valence electrons. The van der Waals surface area contributed by atoms with Crippen LogP contribution in [0.2, 0.25) is 0 Å².